The molecule has 1 rings (SSSR count). The van der Waals surface area contributed by atoms with Crippen molar-refractivity contribution in [3.8, 4) is 0 Å². The zero-order chi connectivity index (χ0) is 8.32. The van der Waals surface area contributed by atoms with E-state index in [1.165, 1.54) is 5.57 Å². The van der Waals surface area contributed by atoms with E-state index in [1.54, 1.807) is 0 Å². The second kappa shape index (κ2) is 3.37. The molecule has 0 radical (unpaired) electrons. The lowest BCUT2D eigenvalue weighted by atomic mass is 9.93. The SMILES string of the molecule is CC1(C)C/C(=C\CN)CCO1. The molecule has 0 aliphatic carbocycles. The lowest BCUT2D eigenvalue weighted by Gasteiger charge is -2.31. The predicted octanol–water partition coefficient (Wildman–Crippen LogP) is 1.46. The number of rotatable bonds is 1. The summed E-state index contributed by atoms with van der Waals surface area (Å²) in [5, 5.41) is 0. The van der Waals surface area contributed by atoms with Gasteiger partial charge in [-0.1, -0.05) is 11.6 Å². The minimum Gasteiger partial charge on any atom is -0.375 e. The third-order valence-electron chi connectivity index (χ3n) is 1.98. The lowest BCUT2D eigenvalue weighted by Crippen LogP contribution is -2.30. The van der Waals surface area contributed by atoms with Crippen LogP contribution in [0.25, 0.3) is 0 Å². The molecule has 1 heterocycles. The summed E-state index contributed by atoms with van der Waals surface area (Å²) in [5.41, 5.74) is 6.91. The summed E-state index contributed by atoms with van der Waals surface area (Å²) < 4.78 is 5.56. The van der Waals surface area contributed by atoms with E-state index < -0.39 is 0 Å². The van der Waals surface area contributed by atoms with Crippen LogP contribution in [0.4, 0.5) is 0 Å². The molecule has 2 nitrogen and oxygen atoms in total. The first-order chi connectivity index (χ1) is 5.14. The summed E-state index contributed by atoms with van der Waals surface area (Å²) in [4.78, 5) is 0. The molecule has 1 aliphatic rings. The second-order valence-corrected chi connectivity index (χ2v) is 3.63. The average Bonchev–Trinajstić information content (AvgIpc) is 1.85. The van der Waals surface area contributed by atoms with Crippen molar-refractivity contribution in [2.75, 3.05) is 13.2 Å². The Bertz CT molecular complexity index is 161. The molecule has 1 fully saturated rings. The van der Waals surface area contributed by atoms with Crippen LogP contribution in [0.2, 0.25) is 0 Å². The van der Waals surface area contributed by atoms with E-state index in [-0.39, 0.29) is 5.60 Å². The van der Waals surface area contributed by atoms with E-state index in [1.807, 2.05) is 0 Å². The topological polar surface area (TPSA) is 35.2 Å². The molecular formula is C9H17NO. The molecule has 0 unspecified atom stereocenters. The largest absolute Gasteiger partial charge is 0.375 e. The van der Waals surface area contributed by atoms with Crippen molar-refractivity contribution in [1.29, 1.82) is 0 Å². The van der Waals surface area contributed by atoms with Crippen LogP contribution in [0.1, 0.15) is 26.7 Å². The van der Waals surface area contributed by atoms with Gasteiger partial charge < -0.3 is 10.5 Å². The molecule has 0 amide bonds. The third kappa shape index (κ3) is 2.64. The second-order valence-electron chi connectivity index (χ2n) is 3.63. The van der Waals surface area contributed by atoms with Gasteiger partial charge in [0.25, 0.3) is 0 Å². The summed E-state index contributed by atoms with van der Waals surface area (Å²) in [6.45, 7) is 5.75. The first-order valence-corrected chi connectivity index (χ1v) is 4.16. The van der Waals surface area contributed by atoms with Gasteiger partial charge in [-0.15, -0.1) is 0 Å². The highest BCUT2D eigenvalue weighted by atomic mass is 16.5. The summed E-state index contributed by atoms with van der Waals surface area (Å²) in [5.74, 6) is 0. The van der Waals surface area contributed by atoms with Gasteiger partial charge in [-0.05, 0) is 26.7 Å². The number of hydrogen-bond donors (Lipinski definition) is 1. The van der Waals surface area contributed by atoms with Crippen LogP contribution in [0, 0.1) is 0 Å². The molecule has 11 heavy (non-hydrogen) atoms. The number of hydrogen-bond acceptors (Lipinski definition) is 2. The summed E-state index contributed by atoms with van der Waals surface area (Å²) in [6, 6.07) is 0. The van der Waals surface area contributed by atoms with E-state index in [0.29, 0.717) is 6.54 Å². The molecule has 0 atom stereocenters. The van der Waals surface area contributed by atoms with Crippen molar-refractivity contribution >= 4 is 0 Å². The zero-order valence-electron chi connectivity index (χ0n) is 7.39. The predicted molar refractivity (Wildman–Crippen MR) is 46.4 cm³/mol. The van der Waals surface area contributed by atoms with Gasteiger partial charge >= 0.3 is 0 Å². The lowest BCUT2D eigenvalue weighted by molar-refractivity contribution is -0.0333. The Kier molecular flexibility index (Phi) is 2.68. The minimum atomic E-state index is 0.0270. The molecule has 0 aromatic carbocycles. The Balaban J connectivity index is 2.53. The van der Waals surface area contributed by atoms with Crippen molar-refractivity contribution < 1.29 is 4.74 Å². The highest BCUT2D eigenvalue weighted by Crippen LogP contribution is 2.27. The molecule has 1 aliphatic heterocycles. The standard InChI is InChI=1S/C9H17NO/c1-9(2)7-8(3-5-10)4-6-11-9/h3H,4-7,10H2,1-2H3/b8-3-. The van der Waals surface area contributed by atoms with Gasteiger partial charge in [0.05, 0.1) is 12.2 Å². The van der Waals surface area contributed by atoms with Gasteiger partial charge in [0.1, 0.15) is 0 Å². The Morgan fingerprint density at radius 1 is 1.64 bits per heavy atom. The fourth-order valence-corrected chi connectivity index (χ4v) is 1.49. The first-order valence-electron chi connectivity index (χ1n) is 4.16. The van der Waals surface area contributed by atoms with Crippen LogP contribution in [-0.2, 0) is 4.74 Å². The van der Waals surface area contributed by atoms with Gasteiger partial charge in [0.2, 0.25) is 0 Å². The Labute approximate surface area is 68.4 Å². The summed E-state index contributed by atoms with van der Waals surface area (Å²) in [7, 11) is 0. The van der Waals surface area contributed by atoms with E-state index >= 15 is 0 Å². The maximum atomic E-state index is 5.56. The monoisotopic (exact) mass is 155 g/mol. The van der Waals surface area contributed by atoms with Crippen molar-refractivity contribution in [3.63, 3.8) is 0 Å². The molecule has 2 heteroatoms. The first kappa shape index (κ1) is 8.75. The Morgan fingerprint density at radius 3 is 2.91 bits per heavy atom. The molecule has 0 aromatic rings. The molecule has 1 saturated heterocycles. The van der Waals surface area contributed by atoms with Gasteiger partial charge in [0.15, 0.2) is 0 Å². The summed E-state index contributed by atoms with van der Waals surface area (Å²) >= 11 is 0. The van der Waals surface area contributed by atoms with E-state index in [2.05, 4.69) is 19.9 Å². The molecular weight excluding hydrogens is 138 g/mol. The fourth-order valence-electron chi connectivity index (χ4n) is 1.49. The molecule has 2 N–H and O–H groups in total. The average molecular weight is 155 g/mol. The fraction of sp³-hybridized carbons (Fsp3) is 0.778. The van der Waals surface area contributed by atoms with Crippen molar-refractivity contribution in [1.82, 2.24) is 0 Å². The van der Waals surface area contributed by atoms with Crippen LogP contribution in [0.15, 0.2) is 11.6 Å². The van der Waals surface area contributed by atoms with Gasteiger partial charge in [0, 0.05) is 6.54 Å². The molecule has 0 saturated carbocycles. The van der Waals surface area contributed by atoms with Gasteiger partial charge in [-0.2, -0.15) is 0 Å². The van der Waals surface area contributed by atoms with E-state index in [0.717, 1.165) is 19.4 Å². The van der Waals surface area contributed by atoms with Crippen LogP contribution >= 0.6 is 0 Å². The van der Waals surface area contributed by atoms with E-state index in [9.17, 15) is 0 Å². The Morgan fingerprint density at radius 2 is 2.36 bits per heavy atom. The minimum absolute atomic E-state index is 0.0270. The van der Waals surface area contributed by atoms with Crippen molar-refractivity contribution in [2.24, 2.45) is 5.73 Å². The molecule has 64 valence electrons. The van der Waals surface area contributed by atoms with Crippen molar-refractivity contribution in [2.45, 2.75) is 32.3 Å². The third-order valence-corrected chi connectivity index (χ3v) is 1.98. The molecule has 0 aromatic heterocycles. The quantitative estimate of drug-likeness (QED) is 0.582. The van der Waals surface area contributed by atoms with Crippen LogP contribution in [0.5, 0.6) is 0 Å². The van der Waals surface area contributed by atoms with Gasteiger partial charge in [-0.25, -0.2) is 0 Å². The number of ether oxygens (including phenoxy) is 1. The van der Waals surface area contributed by atoms with Gasteiger partial charge in [-0.3, -0.25) is 0 Å². The van der Waals surface area contributed by atoms with Crippen LogP contribution in [-0.4, -0.2) is 18.8 Å². The number of nitrogens with two attached hydrogens (primary N) is 1. The molecule has 0 bridgehead atoms. The maximum Gasteiger partial charge on any atom is 0.0663 e. The van der Waals surface area contributed by atoms with Crippen LogP contribution < -0.4 is 5.73 Å². The highest BCUT2D eigenvalue weighted by molar-refractivity contribution is 5.08. The highest BCUT2D eigenvalue weighted by Gasteiger charge is 2.24. The van der Waals surface area contributed by atoms with Crippen molar-refractivity contribution in [3.05, 3.63) is 11.6 Å². The zero-order valence-corrected chi connectivity index (χ0v) is 7.39. The van der Waals surface area contributed by atoms with E-state index in [4.69, 9.17) is 10.5 Å². The smallest absolute Gasteiger partial charge is 0.0663 e. The maximum absolute atomic E-state index is 5.56. The Hall–Kier alpha value is -0.340. The van der Waals surface area contributed by atoms with Crippen LogP contribution in [0.3, 0.4) is 0 Å². The molecule has 0 spiro atoms. The summed E-state index contributed by atoms with van der Waals surface area (Å²) in [6.07, 6.45) is 4.20. The normalized spacial score (nSPS) is 27.4.